The van der Waals surface area contributed by atoms with Gasteiger partial charge in [-0.25, -0.2) is 0 Å². The van der Waals surface area contributed by atoms with Crippen LogP contribution >= 0.6 is 0 Å². The van der Waals surface area contributed by atoms with Gasteiger partial charge in [-0.2, -0.15) is 0 Å². The number of hydrogen-bond acceptors (Lipinski definition) is 3. The molecule has 3 N–H and O–H groups in total. The molecule has 1 aromatic carbocycles. The Kier molecular flexibility index (Phi) is 4.65. The Morgan fingerprint density at radius 3 is 2.95 bits per heavy atom. The van der Waals surface area contributed by atoms with Gasteiger partial charge in [0.05, 0.1) is 12.5 Å². The number of phenolic OH excluding ortho intramolecular Hbond substituents is 1. The van der Waals surface area contributed by atoms with E-state index in [9.17, 15) is 15.0 Å². The van der Waals surface area contributed by atoms with Gasteiger partial charge in [-0.05, 0) is 30.5 Å². The number of aromatic hydroxyl groups is 1. The number of aliphatic hydroxyl groups excluding tert-OH is 1. The highest BCUT2D eigenvalue weighted by Gasteiger charge is 2.35. The van der Waals surface area contributed by atoms with Crippen LogP contribution in [0.25, 0.3) is 0 Å². The summed E-state index contributed by atoms with van der Waals surface area (Å²) in [7, 11) is 0. The summed E-state index contributed by atoms with van der Waals surface area (Å²) in [5.41, 5.74) is 0.573. The molecule has 0 bridgehead atoms. The van der Waals surface area contributed by atoms with Crippen LogP contribution in [0.15, 0.2) is 24.3 Å². The minimum atomic E-state index is -0.336. The summed E-state index contributed by atoms with van der Waals surface area (Å²) in [6.07, 6.45) is 3.85. The lowest BCUT2D eigenvalue weighted by Crippen LogP contribution is -2.45. The van der Waals surface area contributed by atoms with Crippen LogP contribution in [0.4, 0.5) is 0 Å². The average molecular weight is 277 g/mol. The maximum absolute atomic E-state index is 11.9. The average Bonchev–Trinajstić information content (AvgIpc) is 2.40. The van der Waals surface area contributed by atoms with Gasteiger partial charge in [0.25, 0.3) is 0 Å². The topological polar surface area (TPSA) is 69.6 Å². The largest absolute Gasteiger partial charge is 0.508 e. The highest BCUT2D eigenvalue weighted by Crippen LogP contribution is 2.35. The zero-order chi connectivity index (χ0) is 14.6. The first-order chi connectivity index (χ1) is 9.49. The minimum Gasteiger partial charge on any atom is -0.508 e. The van der Waals surface area contributed by atoms with Crippen molar-refractivity contribution in [3.63, 3.8) is 0 Å². The normalized spacial score (nSPS) is 26.2. The molecule has 0 aliphatic heterocycles. The molecule has 1 fully saturated rings. The zero-order valence-corrected chi connectivity index (χ0v) is 11.9. The smallest absolute Gasteiger partial charge is 0.224 e. The fraction of sp³-hybridized carbons (Fsp3) is 0.562. The third-order valence-electron chi connectivity index (χ3n) is 4.24. The van der Waals surface area contributed by atoms with Gasteiger partial charge in [-0.1, -0.05) is 31.9 Å². The third kappa shape index (κ3) is 3.73. The first-order valence-electron chi connectivity index (χ1n) is 7.22. The molecule has 0 radical (unpaired) electrons. The van der Waals surface area contributed by atoms with Gasteiger partial charge in [-0.3, -0.25) is 4.79 Å². The third-order valence-corrected chi connectivity index (χ3v) is 4.24. The van der Waals surface area contributed by atoms with Crippen LogP contribution in [0.2, 0.25) is 0 Å². The molecule has 0 heterocycles. The molecule has 2 rings (SSSR count). The minimum absolute atomic E-state index is 0.0744. The summed E-state index contributed by atoms with van der Waals surface area (Å²) in [6, 6.07) is 6.72. The van der Waals surface area contributed by atoms with Gasteiger partial charge in [-0.15, -0.1) is 0 Å². The number of carbonyl (C=O) groups is 1. The van der Waals surface area contributed by atoms with Crippen molar-refractivity contribution < 1.29 is 15.0 Å². The van der Waals surface area contributed by atoms with Gasteiger partial charge in [0.1, 0.15) is 5.75 Å². The molecular weight excluding hydrogens is 254 g/mol. The Labute approximate surface area is 119 Å². The van der Waals surface area contributed by atoms with Crippen molar-refractivity contribution in [2.75, 3.05) is 6.54 Å². The van der Waals surface area contributed by atoms with Crippen LogP contribution in [0.1, 0.15) is 38.2 Å². The molecule has 4 heteroatoms. The maximum atomic E-state index is 11.9. The van der Waals surface area contributed by atoms with Crippen LogP contribution in [0.3, 0.4) is 0 Å². The van der Waals surface area contributed by atoms with E-state index < -0.39 is 0 Å². The molecule has 4 nitrogen and oxygen atoms in total. The number of amides is 1. The summed E-state index contributed by atoms with van der Waals surface area (Å²) >= 11 is 0. The van der Waals surface area contributed by atoms with E-state index in [0.29, 0.717) is 6.54 Å². The molecule has 0 aromatic heterocycles. The van der Waals surface area contributed by atoms with Crippen molar-refractivity contribution in [1.29, 1.82) is 0 Å². The van der Waals surface area contributed by atoms with Crippen molar-refractivity contribution in [2.45, 2.75) is 45.1 Å². The Balaban J connectivity index is 1.86. The van der Waals surface area contributed by atoms with E-state index in [0.717, 1.165) is 31.2 Å². The number of nitrogens with one attached hydrogen (secondary N) is 1. The van der Waals surface area contributed by atoms with E-state index in [2.05, 4.69) is 5.32 Å². The standard InChI is InChI=1S/C16H23NO3/c1-16(8-3-2-7-14(16)19)11-17-15(20)10-12-5-4-6-13(18)9-12/h4-6,9,14,18-19H,2-3,7-8,10-11H2,1H3,(H,17,20). The van der Waals surface area contributed by atoms with Crippen LogP contribution < -0.4 is 5.32 Å². The summed E-state index contributed by atoms with van der Waals surface area (Å²) < 4.78 is 0. The van der Waals surface area contributed by atoms with E-state index in [-0.39, 0.29) is 29.6 Å². The molecule has 20 heavy (non-hydrogen) atoms. The molecule has 1 aliphatic rings. The summed E-state index contributed by atoms with van der Waals surface area (Å²) in [5, 5.41) is 22.4. The Bertz CT molecular complexity index is 475. The molecule has 0 spiro atoms. The second-order valence-corrected chi connectivity index (χ2v) is 6.04. The first kappa shape index (κ1) is 14.9. The Morgan fingerprint density at radius 2 is 2.25 bits per heavy atom. The lowest BCUT2D eigenvalue weighted by Gasteiger charge is -2.38. The summed E-state index contributed by atoms with van der Waals surface area (Å²) in [5.74, 6) is 0.0968. The van der Waals surface area contributed by atoms with E-state index in [1.807, 2.05) is 13.0 Å². The highest BCUT2D eigenvalue weighted by atomic mass is 16.3. The SMILES string of the molecule is CC1(CNC(=O)Cc2cccc(O)c2)CCCCC1O. The van der Waals surface area contributed by atoms with Crippen molar-refractivity contribution in [3.05, 3.63) is 29.8 Å². The van der Waals surface area contributed by atoms with Gasteiger partial charge < -0.3 is 15.5 Å². The van der Waals surface area contributed by atoms with E-state index in [4.69, 9.17) is 0 Å². The molecule has 1 saturated carbocycles. The molecule has 110 valence electrons. The molecule has 1 aromatic rings. The molecule has 1 amide bonds. The lowest BCUT2D eigenvalue weighted by molar-refractivity contribution is -0.121. The second-order valence-electron chi connectivity index (χ2n) is 6.04. The van der Waals surface area contributed by atoms with E-state index in [1.54, 1.807) is 18.2 Å². The number of benzene rings is 1. The van der Waals surface area contributed by atoms with Crippen LogP contribution in [-0.2, 0) is 11.2 Å². The Hall–Kier alpha value is -1.55. The number of rotatable bonds is 4. The number of hydrogen-bond donors (Lipinski definition) is 3. The number of aliphatic hydroxyl groups is 1. The van der Waals surface area contributed by atoms with Crippen molar-refractivity contribution in [3.8, 4) is 5.75 Å². The van der Waals surface area contributed by atoms with E-state index >= 15 is 0 Å². The predicted octanol–water partition coefficient (Wildman–Crippen LogP) is 1.99. The first-order valence-corrected chi connectivity index (χ1v) is 7.22. The lowest BCUT2D eigenvalue weighted by atomic mass is 9.73. The monoisotopic (exact) mass is 277 g/mol. The van der Waals surface area contributed by atoms with Gasteiger partial charge in [0, 0.05) is 12.0 Å². The van der Waals surface area contributed by atoms with Crippen LogP contribution in [0.5, 0.6) is 5.75 Å². The van der Waals surface area contributed by atoms with Crippen molar-refractivity contribution in [1.82, 2.24) is 5.32 Å². The fourth-order valence-corrected chi connectivity index (χ4v) is 2.80. The van der Waals surface area contributed by atoms with Gasteiger partial charge in [0.2, 0.25) is 5.91 Å². The fourth-order valence-electron chi connectivity index (χ4n) is 2.80. The Morgan fingerprint density at radius 1 is 1.45 bits per heavy atom. The maximum Gasteiger partial charge on any atom is 0.224 e. The number of phenols is 1. The molecule has 0 saturated heterocycles. The zero-order valence-electron chi connectivity index (χ0n) is 11.9. The highest BCUT2D eigenvalue weighted by molar-refractivity contribution is 5.78. The van der Waals surface area contributed by atoms with Crippen molar-refractivity contribution >= 4 is 5.91 Å². The van der Waals surface area contributed by atoms with Crippen LogP contribution in [0, 0.1) is 5.41 Å². The van der Waals surface area contributed by atoms with Crippen LogP contribution in [-0.4, -0.2) is 28.8 Å². The molecule has 1 aliphatic carbocycles. The quantitative estimate of drug-likeness (QED) is 0.788. The van der Waals surface area contributed by atoms with Crippen molar-refractivity contribution in [2.24, 2.45) is 5.41 Å². The van der Waals surface area contributed by atoms with Gasteiger partial charge in [0.15, 0.2) is 0 Å². The molecule has 2 unspecified atom stereocenters. The van der Waals surface area contributed by atoms with Gasteiger partial charge >= 0.3 is 0 Å². The summed E-state index contributed by atoms with van der Waals surface area (Å²) in [6.45, 7) is 2.54. The predicted molar refractivity (Wildman–Crippen MR) is 77.4 cm³/mol. The molecule has 2 atom stereocenters. The number of carbonyl (C=O) groups excluding carboxylic acids is 1. The summed E-state index contributed by atoms with van der Waals surface area (Å²) in [4.78, 5) is 11.9. The van der Waals surface area contributed by atoms with E-state index in [1.165, 1.54) is 0 Å². The second kappa shape index (κ2) is 6.27. The molecular formula is C16H23NO3.